The summed E-state index contributed by atoms with van der Waals surface area (Å²) >= 11 is 0. The summed E-state index contributed by atoms with van der Waals surface area (Å²) in [5.74, 6) is 5.39. The molecular formula is C19H23ClN4O. The highest BCUT2D eigenvalue weighted by molar-refractivity contribution is 5.85. The topological polar surface area (TPSA) is 55.9 Å². The van der Waals surface area contributed by atoms with E-state index in [4.69, 9.17) is 4.42 Å². The van der Waals surface area contributed by atoms with Crippen molar-refractivity contribution in [3.63, 3.8) is 0 Å². The summed E-state index contributed by atoms with van der Waals surface area (Å²) in [6.07, 6.45) is 6.87. The number of halogens is 1. The van der Waals surface area contributed by atoms with Crippen molar-refractivity contribution in [3.05, 3.63) is 65.8 Å². The number of aryl methyl sites for hydroxylation is 1. The second kappa shape index (κ2) is 7.42. The SMILES string of the molecule is Cc1nccn1-c1ccc(CNCc2ccc(C3CC3C)o2)cn1.Cl. The van der Waals surface area contributed by atoms with Crippen molar-refractivity contribution in [1.82, 2.24) is 19.9 Å². The smallest absolute Gasteiger partial charge is 0.137 e. The summed E-state index contributed by atoms with van der Waals surface area (Å²) in [5.41, 5.74) is 1.15. The highest BCUT2D eigenvalue weighted by Crippen LogP contribution is 2.47. The van der Waals surface area contributed by atoms with Gasteiger partial charge in [-0.25, -0.2) is 9.97 Å². The zero-order chi connectivity index (χ0) is 16.5. The van der Waals surface area contributed by atoms with Gasteiger partial charge in [0.25, 0.3) is 0 Å². The van der Waals surface area contributed by atoms with Crippen LogP contribution in [0.4, 0.5) is 0 Å². The van der Waals surface area contributed by atoms with Crippen LogP contribution in [0, 0.1) is 12.8 Å². The Hall–Kier alpha value is -2.11. The van der Waals surface area contributed by atoms with E-state index in [-0.39, 0.29) is 12.4 Å². The minimum absolute atomic E-state index is 0. The lowest BCUT2D eigenvalue weighted by Gasteiger charge is -2.06. The second-order valence-electron chi connectivity index (χ2n) is 6.60. The van der Waals surface area contributed by atoms with Gasteiger partial charge < -0.3 is 9.73 Å². The van der Waals surface area contributed by atoms with Crippen molar-refractivity contribution in [3.8, 4) is 5.82 Å². The molecule has 0 aromatic carbocycles. The second-order valence-corrected chi connectivity index (χ2v) is 6.60. The maximum atomic E-state index is 5.91. The van der Waals surface area contributed by atoms with Crippen LogP contribution in [0.1, 0.15) is 42.2 Å². The number of nitrogens with one attached hydrogen (secondary N) is 1. The molecule has 0 spiro atoms. The van der Waals surface area contributed by atoms with Gasteiger partial charge in [-0.2, -0.15) is 0 Å². The number of pyridine rings is 1. The Bertz CT molecular complexity index is 824. The fourth-order valence-corrected chi connectivity index (χ4v) is 3.02. The minimum atomic E-state index is 0. The van der Waals surface area contributed by atoms with Gasteiger partial charge >= 0.3 is 0 Å². The molecule has 1 N–H and O–H groups in total. The normalized spacial score (nSPS) is 18.8. The van der Waals surface area contributed by atoms with E-state index in [1.807, 2.05) is 30.0 Å². The van der Waals surface area contributed by atoms with Gasteiger partial charge in [0.15, 0.2) is 0 Å². The van der Waals surface area contributed by atoms with Crippen LogP contribution in [0.2, 0.25) is 0 Å². The van der Waals surface area contributed by atoms with Crippen molar-refractivity contribution >= 4 is 12.4 Å². The van der Waals surface area contributed by atoms with Crippen LogP contribution in [0.15, 0.2) is 47.3 Å². The fourth-order valence-electron chi connectivity index (χ4n) is 3.02. The number of aromatic nitrogens is 3. The molecular weight excluding hydrogens is 336 g/mol. The quantitative estimate of drug-likeness (QED) is 0.723. The molecule has 3 aromatic rings. The molecule has 0 radical (unpaired) electrons. The lowest BCUT2D eigenvalue weighted by atomic mass is 10.2. The Balaban J connectivity index is 0.00000182. The Kier molecular flexibility index (Phi) is 5.25. The zero-order valence-corrected chi connectivity index (χ0v) is 15.3. The molecule has 1 saturated carbocycles. The predicted octanol–water partition coefficient (Wildman–Crippen LogP) is 4.00. The molecule has 25 heavy (non-hydrogen) atoms. The third-order valence-corrected chi connectivity index (χ3v) is 4.67. The summed E-state index contributed by atoms with van der Waals surface area (Å²) in [6, 6.07) is 8.31. The van der Waals surface area contributed by atoms with E-state index < -0.39 is 0 Å². The largest absolute Gasteiger partial charge is 0.464 e. The molecule has 5 nitrogen and oxygen atoms in total. The van der Waals surface area contributed by atoms with E-state index >= 15 is 0 Å². The van der Waals surface area contributed by atoms with Crippen molar-refractivity contribution in [2.24, 2.45) is 5.92 Å². The van der Waals surface area contributed by atoms with Gasteiger partial charge in [-0.3, -0.25) is 4.57 Å². The minimum Gasteiger partial charge on any atom is -0.464 e. The third kappa shape index (κ3) is 3.94. The van der Waals surface area contributed by atoms with Gasteiger partial charge in [0.2, 0.25) is 0 Å². The van der Waals surface area contributed by atoms with E-state index in [1.165, 1.54) is 6.42 Å². The molecule has 2 atom stereocenters. The first-order valence-electron chi connectivity index (χ1n) is 8.45. The number of nitrogens with zero attached hydrogens (tertiary/aromatic N) is 3. The Labute approximate surface area is 153 Å². The summed E-state index contributed by atoms with van der Waals surface area (Å²) in [4.78, 5) is 8.73. The lowest BCUT2D eigenvalue weighted by molar-refractivity contribution is 0.444. The van der Waals surface area contributed by atoms with Crippen molar-refractivity contribution < 1.29 is 4.42 Å². The number of hydrogen-bond donors (Lipinski definition) is 1. The Morgan fingerprint density at radius 3 is 2.68 bits per heavy atom. The summed E-state index contributed by atoms with van der Waals surface area (Å²) in [5, 5.41) is 3.41. The number of imidazole rings is 1. The first-order valence-corrected chi connectivity index (χ1v) is 8.45. The first kappa shape index (κ1) is 17.7. The monoisotopic (exact) mass is 358 g/mol. The van der Waals surface area contributed by atoms with Gasteiger partial charge in [0.1, 0.15) is 23.2 Å². The number of furan rings is 1. The van der Waals surface area contributed by atoms with Gasteiger partial charge in [0.05, 0.1) is 6.54 Å². The summed E-state index contributed by atoms with van der Waals surface area (Å²) in [6.45, 7) is 5.75. The zero-order valence-electron chi connectivity index (χ0n) is 14.5. The van der Waals surface area contributed by atoms with Crippen molar-refractivity contribution in [2.45, 2.75) is 39.3 Å². The van der Waals surface area contributed by atoms with E-state index in [9.17, 15) is 0 Å². The molecule has 3 heterocycles. The highest BCUT2D eigenvalue weighted by Gasteiger charge is 2.36. The van der Waals surface area contributed by atoms with Gasteiger partial charge in [-0.05, 0) is 43.0 Å². The molecule has 3 aromatic heterocycles. The van der Waals surface area contributed by atoms with E-state index in [0.717, 1.165) is 47.7 Å². The van der Waals surface area contributed by atoms with Gasteiger partial charge in [-0.1, -0.05) is 13.0 Å². The van der Waals surface area contributed by atoms with Crippen LogP contribution >= 0.6 is 12.4 Å². The van der Waals surface area contributed by atoms with E-state index in [1.54, 1.807) is 6.20 Å². The predicted molar refractivity (Wildman–Crippen MR) is 99.1 cm³/mol. The first-order chi connectivity index (χ1) is 11.7. The summed E-state index contributed by atoms with van der Waals surface area (Å²) in [7, 11) is 0. The van der Waals surface area contributed by atoms with Crippen LogP contribution in [-0.4, -0.2) is 14.5 Å². The average molecular weight is 359 g/mol. The Morgan fingerprint density at radius 1 is 1.20 bits per heavy atom. The van der Waals surface area contributed by atoms with E-state index in [0.29, 0.717) is 5.92 Å². The number of rotatable bonds is 6. The molecule has 0 saturated heterocycles. The molecule has 0 aliphatic heterocycles. The standard InChI is InChI=1S/C19H22N4O.ClH/c1-13-9-17(13)18-5-4-16(24-18)12-20-10-15-3-6-19(22-11-15)23-8-7-21-14(23)2;/h3-8,11,13,17,20H,9-10,12H2,1-2H3;1H. The average Bonchev–Trinajstić information content (AvgIpc) is 2.99. The van der Waals surface area contributed by atoms with Crippen LogP contribution in [0.5, 0.6) is 0 Å². The van der Waals surface area contributed by atoms with E-state index in [2.05, 4.69) is 40.4 Å². The maximum Gasteiger partial charge on any atom is 0.137 e. The molecule has 6 heteroatoms. The van der Waals surface area contributed by atoms with Gasteiger partial charge in [-0.15, -0.1) is 12.4 Å². The highest BCUT2D eigenvalue weighted by atomic mass is 35.5. The van der Waals surface area contributed by atoms with Gasteiger partial charge in [0, 0.05) is 31.1 Å². The molecule has 1 aliphatic rings. The molecule has 0 bridgehead atoms. The molecule has 2 unspecified atom stereocenters. The van der Waals surface area contributed by atoms with Crippen LogP contribution in [-0.2, 0) is 13.1 Å². The molecule has 1 aliphatic carbocycles. The Morgan fingerprint density at radius 2 is 2.04 bits per heavy atom. The van der Waals surface area contributed by atoms with Crippen molar-refractivity contribution in [2.75, 3.05) is 0 Å². The van der Waals surface area contributed by atoms with Crippen molar-refractivity contribution in [1.29, 1.82) is 0 Å². The maximum absolute atomic E-state index is 5.91. The molecule has 132 valence electrons. The summed E-state index contributed by atoms with van der Waals surface area (Å²) < 4.78 is 7.88. The lowest BCUT2D eigenvalue weighted by Crippen LogP contribution is -2.12. The molecule has 4 rings (SSSR count). The third-order valence-electron chi connectivity index (χ3n) is 4.67. The number of hydrogen-bond acceptors (Lipinski definition) is 4. The molecule has 0 amide bonds. The fraction of sp³-hybridized carbons (Fsp3) is 0.368. The molecule has 1 fully saturated rings. The van der Waals surface area contributed by atoms with Crippen LogP contribution in [0.25, 0.3) is 5.82 Å². The van der Waals surface area contributed by atoms with Crippen LogP contribution < -0.4 is 5.32 Å². The van der Waals surface area contributed by atoms with Crippen LogP contribution in [0.3, 0.4) is 0 Å².